The lowest BCUT2D eigenvalue weighted by molar-refractivity contribution is -0.384. The largest absolute Gasteiger partial charge is 0.507 e. The van der Waals surface area contributed by atoms with Gasteiger partial charge in [-0.05, 0) is 18.2 Å². The van der Waals surface area contributed by atoms with Crippen LogP contribution in [0, 0.1) is 10.1 Å². The highest BCUT2D eigenvalue weighted by molar-refractivity contribution is 5.86. The van der Waals surface area contributed by atoms with Gasteiger partial charge in [0.15, 0.2) is 0 Å². The number of nitrogens with one attached hydrogen (secondary N) is 2. The number of amides is 1. The van der Waals surface area contributed by atoms with Crippen LogP contribution in [0.3, 0.4) is 0 Å². The molecule has 118 valence electrons. The van der Waals surface area contributed by atoms with Gasteiger partial charge in [0, 0.05) is 23.4 Å². The molecule has 0 saturated carbocycles. The SMILES string of the molecule is O=C(CNc1ccccc1)N/N=C\c1cc([N+](=O)[O-])ccc1O. The summed E-state index contributed by atoms with van der Waals surface area (Å²) < 4.78 is 0. The van der Waals surface area contributed by atoms with E-state index < -0.39 is 10.8 Å². The van der Waals surface area contributed by atoms with Crippen molar-refractivity contribution in [1.29, 1.82) is 0 Å². The van der Waals surface area contributed by atoms with Crippen LogP contribution in [0.1, 0.15) is 5.56 Å². The van der Waals surface area contributed by atoms with Crippen molar-refractivity contribution in [2.75, 3.05) is 11.9 Å². The average molecular weight is 314 g/mol. The first kappa shape index (κ1) is 16.0. The number of benzene rings is 2. The zero-order chi connectivity index (χ0) is 16.7. The van der Waals surface area contributed by atoms with E-state index in [2.05, 4.69) is 15.8 Å². The van der Waals surface area contributed by atoms with Crippen molar-refractivity contribution in [2.45, 2.75) is 0 Å². The van der Waals surface area contributed by atoms with E-state index in [1.54, 1.807) is 0 Å². The predicted molar refractivity (Wildman–Crippen MR) is 85.4 cm³/mol. The maximum absolute atomic E-state index is 11.6. The number of aromatic hydroxyl groups is 1. The molecule has 0 aliphatic heterocycles. The van der Waals surface area contributed by atoms with Crippen LogP contribution in [0.5, 0.6) is 5.75 Å². The quantitative estimate of drug-likeness (QED) is 0.427. The number of carbonyl (C=O) groups excluding carboxylic acids is 1. The number of carbonyl (C=O) groups is 1. The molecule has 0 bridgehead atoms. The Balaban J connectivity index is 1.90. The van der Waals surface area contributed by atoms with Crippen molar-refractivity contribution in [1.82, 2.24) is 5.43 Å². The summed E-state index contributed by atoms with van der Waals surface area (Å²) in [5.41, 5.74) is 3.01. The molecule has 8 nitrogen and oxygen atoms in total. The number of nitro groups is 1. The van der Waals surface area contributed by atoms with E-state index in [1.807, 2.05) is 30.3 Å². The number of hydrogen-bond acceptors (Lipinski definition) is 6. The van der Waals surface area contributed by atoms with E-state index in [9.17, 15) is 20.0 Å². The number of hydrazone groups is 1. The van der Waals surface area contributed by atoms with Crippen LogP contribution in [0.25, 0.3) is 0 Å². The molecule has 1 amide bonds. The molecule has 3 N–H and O–H groups in total. The Labute approximate surface area is 131 Å². The minimum absolute atomic E-state index is 0.0161. The van der Waals surface area contributed by atoms with Gasteiger partial charge in [-0.25, -0.2) is 5.43 Å². The molecule has 2 aromatic carbocycles. The number of rotatable bonds is 6. The normalized spacial score (nSPS) is 10.4. The molecule has 0 atom stereocenters. The van der Waals surface area contributed by atoms with Gasteiger partial charge in [-0.1, -0.05) is 18.2 Å². The molecule has 0 aromatic heterocycles. The summed E-state index contributed by atoms with van der Waals surface area (Å²) in [6, 6.07) is 12.7. The fourth-order valence-corrected chi connectivity index (χ4v) is 1.71. The number of hydrogen-bond donors (Lipinski definition) is 3. The Morgan fingerprint density at radius 3 is 2.70 bits per heavy atom. The first-order valence-electron chi connectivity index (χ1n) is 6.64. The van der Waals surface area contributed by atoms with Gasteiger partial charge >= 0.3 is 0 Å². The number of non-ortho nitro benzene ring substituents is 1. The highest BCUT2D eigenvalue weighted by atomic mass is 16.6. The van der Waals surface area contributed by atoms with Crippen LogP contribution >= 0.6 is 0 Å². The lowest BCUT2D eigenvalue weighted by atomic mass is 10.2. The Bertz CT molecular complexity index is 732. The minimum atomic E-state index is -0.584. The molecule has 2 aromatic rings. The average Bonchev–Trinajstić information content (AvgIpc) is 2.55. The Morgan fingerprint density at radius 2 is 2.00 bits per heavy atom. The van der Waals surface area contributed by atoms with Gasteiger partial charge < -0.3 is 10.4 Å². The summed E-state index contributed by atoms with van der Waals surface area (Å²) >= 11 is 0. The van der Waals surface area contributed by atoms with E-state index in [1.165, 1.54) is 12.1 Å². The highest BCUT2D eigenvalue weighted by Gasteiger charge is 2.08. The van der Waals surface area contributed by atoms with E-state index in [4.69, 9.17) is 0 Å². The molecule has 0 unspecified atom stereocenters. The molecular formula is C15H14N4O4. The summed E-state index contributed by atoms with van der Waals surface area (Å²) in [6.45, 7) is 0.0161. The van der Waals surface area contributed by atoms with Gasteiger partial charge in [0.25, 0.3) is 11.6 Å². The van der Waals surface area contributed by atoms with Crippen LogP contribution in [0.2, 0.25) is 0 Å². The Hall–Kier alpha value is -3.42. The van der Waals surface area contributed by atoms with Crippen molar-refractivity contribution in [3.8, 4) is 5.75 Å². The van der Waals surface area contributed by atoms with Crippen LogP contribution in [0.15, 0.2) is 53.6 Å². The second kappa shape index (κ2) is 7.55. The molecule has 0 saturated heterocycles. The zero-order valence-electron chi connectivity index (χ0n) is 12.0. The van der Waals surface area contributed by atoms with E-state index in [-0.39, 0.29) is 23.5 Å². The van der Waals surface area contributed by atoms with Gasteiger partial charge in [-0.15, -0.1) is 0 Å². The summed E-state index contributed by atoms with van der Waals surface area (Å²) in [7, 11) is 0. The van der Waals surface area contributed by atoms with E-state index >= 15 is 0 Å². The maximum atomic E-state index is 11.6. The lowest BCUT2D eigenvalue weighted by Gasteiger charge is -2.04. The minimum Gasteiger partial charge on any atom is -0.507 e. The standard InChI is InChI=1S/C15H14N4O4/c20-14-7-6-13(19(22)23)8-11(14)9-17-18-15(21)10-16-12-4-2-1-3-5-12/h1-9,16,20H,10H2,(H,18,21)/b17-9-. The second-order valence-electron chi connectivity index (χ2n) is 4.51. The second-order valence-corrected chi connectivity index (χ2v) is 4.51. The van der Waals surface area contributed by atoms with Crippen LogP contribution in [-0.4, -0.2) is 28.7 Å². The first-order chi connectivity index (χ1) is 11.1. The number of phenolic OH excluding ortho intramolecular Hbond substituents is 1. The monoisotopic (exact) mass is 314 g/mol. The molecule has 0 heterocycles. The fraction of sp³-hybridized carbons (Fsp3) is 0.0667. The third-order valence-electron chi connectivity index (χ3n) is 2.84. The third-order valence-corrected chi connectivity index (χ3v) is 2.84. The zero-order valence-corrected chi connectivity index (χ0v) is 12.0. The fourth-order valence-electron chi connectivity index (χ4n) is 1.71. The first-order valence-corrected chi connectivity index (χ1v) is 6.64. The van der Waals surface area contributed by atoms with Crippen molar-refractivity contribution < 1.29 is 14.8 Å². The van der Waals surface area contributed by atoms with Gasteiger partial charge in [-0.2, -0.15) is 5.10 Å². The number of anilines is 1. The highest BCUT2D eigenvalue weighted by Crippen LogP contribution is 2.21. The Morgan fingerprint density at radius 1 is 1.26 bits per heavy atom. The topological polar surface area (TPSA) is 117 Å². The van der Waals surface area contributed by atoms with Crippen molar-refractivity contribution >= 4 is 23.5 Å². The van der Waals surface area contributed by atoms with Crippen LogP contribution < -0.4 is 10.7 Å². The van der Waals surface area contributed by atoms with Gasteiger partial charge in [0.2, 0.25) is 0 Å². The van der Waals surface area contributed by atoms with Crippen molar-refractivity contribution in [3.63, 3.8) is 0 Å². The molecular weight excluding hydrogens is 300 g/mol. The Kier molecular flexibility index (Phi) is 5.24. The third kappa shape index (κ3) is 4.81. The van der Waals surface area contributed by atoms with E-state index in [0.29, 0.717) is 0 Å². The summed E-state index contributed by atoms with van der Waals surface area (Å²) in [6.07, 6.45) is 1.14. The molecule has 0 radical (unpaired) electrons. The number of nitrogens with zero attached hydrogens (tertiary/aromatic N) is 2. The molecule has 0 aliphatic carbocycles. The van der Waals surface area contributed by atoms with Crippen molar-refractivity contribution in [3.05, 3.63) is 64.2 Å². The van der Waals surface area contributed by atoms with Gasteiger partial charge in [-0.3, -0.25) is 14.9 Å². The maximum Gasteiger partial charge on any atom is 0.270 e. The summed E-state index contributed by atoms with van der Waals surface area (Å²) in [5.74, 6) is -0.564. The molecule has 0 fully saturated rings. The predicted octanol–water partition coefficient (Wildman–Crippen LogP) is 1.86. The van der Waals surface area contributed by atoms with Crippen LogP contribution in [0.4, 0.5) is 11.4 Å². The summed E-state index contributed by atoms with van der Waals surface area (Å²) in [4.78, 5) is 21.7. The molecule has 8 heteroatoms. The van der Waals surface area contributed by atoms with Gasteiger partial charge in [0.1, 0.15) is 5.75 Å². The summed E-state index contributed by atoms with van der Waals surface area (Å²) in [5, 5.41) is 26.8. The smallest absolute Gasteiger partial charge is 0.270 e. The van der Waals surface area contributed by atoms with Crippen molar-refractivity contribution in [2.24, 2.45) is 5.10 Å². The lowest BCUT2D eigenvalue weighted by Crippen LogP contribution is -2.25. The molecule has 23 heavy (non-hydrogen) atoms. The number of phenols is 1. The van der Waals surface area contributed by atoms with Gasteiger partial charge in [0.05, 0.1) is 17.7 Å². The van der Waals surface area contributed by atoms with E-state index in [0.717, 1.165) is 18.0 Å². The molecule has 0 spiro atoms. The number of para-hydroxylation sites is 1. The van der Waals surface area contributed by atoms with Crippen LogP contribution in [-0.2, 0) is 4.79 Å². The molecule has 2 rings (SSSR count). The molecule has 0 aliphatic rings. The number of nitro benzene ring substituents is 1.